The molecule has 2 saturated heterocycles. The van der Waals surface area contributed by atoms with Crippen LogP contribution in [0, 0.1) is 5.92 Å². The van der Waals surface area contributed by atoms with Crippen LogP contribution in [0.3, 0.4) is 0 Å². The summed E-state index contributed by atoms with van der Waals surface area (Å²) in [7, 11) is 0. The zero-order chi connectivity index (χ0) is 11.4. The maximum atomic E-state index is 3.72. The Morgan fingerprint density at radius 3 is 2.81 bits per heavy atom. The van der Waals surface area contributed by atoms with E-state index in [1.807, 2.05) is 0 Å². The van der Waals surface area contributed by atoms with E-state index in [-0.39, 0.29) is 0 Å². The van der Waals surface area contributed by atoms with E-state index in [1.165, 1.54) is 58.2 Å². The second-order valence-electron chi connectivity index (χ2n) is 5.99. The molecule has 2 heterocycles. The molecule has 2 rings (SSSR count). The van der Waals surface area contributed by atoms with Crippen molar-refractivity contribution in [2.75, 3.05) is 19.6 Å². The van der Waals surface area contributed by atoms with Gasteiger partial charge in [0.2, 0.25) is 0 Å². The van der Waals surface area contributed by atoms with E-state index >= 15 is 0 Å². The summed E-state index contributed by atoms with van der Waals surface area (Å²) in [6, 6.07) is 1.57. The Labute approximate surface area is 101 Å². The Hall–Kier alpha value is -0.0800. The largest absolute Gasteiger partial charge is 0.313 e. The number of likely N-dealkylation sites (tertiary alicyclic amines) is 1. The van der Waals surface area contributed by atoms with Crippen LogP contribution in [0.4, 0.5) is 0 Å². The van der Waals surface area contributed by atoms with Gasteiger partial charge in [0.25, 0.3) is 0 Å². The fourth-order valence-electron chi connectivity index (χ4n) is 3.17. The minimum absolute atomic E-state index is 0.759. The molecule has 0 amide bonds. The summed E-state index contributed by atoms with van der Waals surface area (Å²) in [4.78, 5) is 2.72. The molecule has 94 valence electrons. The van der Waals surface area contributed by atoms with Crippen molar-refractivity contribution in [3.05, 3.63) is 0 Å². The van der Waals surface area contributed by atoms with E-state index < -0.39 is 0 Å². The van der Waals surface area contributed by atoms with Crippen LogP contribution in [0.15, 0.2) is 0 Å². The summed E-state index contributed by atoms with van der Waals surface area (Å²) in [5.41, 5.74) is 0. The van der Waals surface area contributed by atoms with Crippen molar-refractivity contribution >= 4 is 0 Å². The van der Waals surface area contributed by atoms with E-state index in [1.54, 1.807) is 0 Å². The zero-order valence-electron chi connectivity index (χ0n) is 11.0. The monoisotopic (exact) mass is 224 g/mol. The normalized spacial score (nSPS) is 38.2. The molecule has 3 unspecified atom stereocenters. The lowest BCUT2D eigenvalue weighted by atomic mass is 9.94. The van der Waals surface area contributed by atoms with Gasteiger partial charge in [0.1, 0.15) is 0 Å². The first-order chi connectivity index (χ1) is 7.75. The second-order valence-corrected chi connectivity index (χ2v) is 5.99. The summed E-state index contributed by atoms with van der Waals surface area (Å²) in [6.45, 7) is 8.65. The maximum Gasteiger partial charge on any atom is 0.0195 e. The number of piperidine rings is 1. The lowest BCUT2D eigenvalue weighted by molar-refractivity contribution is 0.111. The van der Waals surface area contributed by atoms with Gasteiger partial charge in [0, 0.05) is 25.2 Å². The molecule has 2 aliphatic rings. The van der Waals surface area contributed by atoms with Crippen LogP contribution in [-0.4, -0.2) is 36.6 Å². The summed E-state index contributed by atoms with van der Waals surface area (Å²) >= 11 is 0. The first-order valence-corrected chi connectivity index (χ1v) is 7.23. The van der Waals surface area contributed by atoms with Crippen molar-refractivity contribution in [3.63, 3.8) is 0 Å². The topological polar surface area (TPSA) is 15.3 Å². The van der Waals surface area contributed by atoms with E-state index in [4.69, 9.17) is 0 Å². The molecule has 0 spiro atoms. The molecule has 0 bridgehead atoms. The minimum Gasteiger partial charge on any atom is -0.313 e. The maximum absolute atomic E-state index is 3.72. The van der Waals surface area contributed by atoms with Crippen molar-refractivity contribution in [3.8, 4) is 0 Å². The predicted molar refractivity (Wildman–Crippen MR) is 69.7 cm³/mol. The van der Waals surface area contributed by atoms with Crippen molar-refractivity contribution in [2.24, 2.45) is 5.92 Å². The Bertz CT molecular complexity index is 197. The van der Waals surface area contributed by atoms with Gasteiger partial charge in [-0.3, -0.25) is 4.90 Å². The lowest BCUT2D eigenvalue weighted by Gasteiger charge is -2.38. The number of hydrogen-bond acceptors (Lipinski definition) is 2. The molecule has 0 aromatic heterocycles. The van der Waals surface area contributed by atoms with Gasteiger partial charge in [-0.1, -0.05) is 19.8 Å². The molecule has 2 nitrogen and oxygen atoms in total. The van der Waals surface area contributed by atoms with Crippen LogP contribution in [0.25, 0.3) is 0 Å². The van der Waals surface area contributed by atoms with Crippen molar-refractivity contribution in [2.45, 2.75) is 64.5 Å². The fraction of sp³-hybridized carbons (Fsp3) is 1.00. The molecule has 0 radical (unpaired) electrons. The molecule has 0 aromatic rings. The molecule has 0 aromatic carbocycles. The van der Waals surface area contributed by atoms with Gasteiger partial charge in [-0.05, 0) is 45.1 Å². The highest BCUT2D eigenvalue weighted by Crippen LogP contribution is 2.22. The number of nitrogens with one attached hydrogen (secondary N) is 1. The molecular formula is C14H28N2. The SMILES string of the molecule is CC1CCC(C)N(CC2CCCCCN2)C1. The fourth-order valence-corrected chi connectivity index (χ4v) is 3.17. The van der Waals surface area contributed by atoms with E-state index in [9.17, 15) is 0 Å². The Morgan fingerprint density at radius 1 is 1.06 bits per heavy atom. The summed E-state index contributed by atoms with van der Waals surface area (Å²) in [5.74, 6) is 0.905. The van der Waals surface area contributed by atoms with E-state index in [0.717, 1.165) is 18.0 Å². The van der Waals surface area contributed by atoms with Crippen LogP contribution < -0.4 is 5.32 Å². The van der Waals surface area contributed by atoms with Crippen molar-refractivity contribution in [1.29, 1.82) is 0 Å². The number of hydrogen-bond donors (Lipinski definition) is 1. The van der Waals surface area contributed by atoms with Gasteiger partial charge >= 0.3 is 0 Å². The van der Waals surface area contributed by atoms with Gasteiger partial charge in [-0.25, -0.2) is 0 Å². The van der Waals surface area contributed by atoms with Crippen LogP contribution >= 0.6 is 0 Å². The molecule has 2 heteroatoms. The average Bonchev–Trinajstić information content (AvgIpc) is 2.52. The summed E-state index contributed by atoms with van der Waals surface area (Å²) in [5, 5.41) is 3.72. The first kappa shape index (κ1) is 12.4. The van der Waals surface area contributed by atoms with Crippen molar-refractivity contribution < 1.29 is 0 Å². The average molecular weight is 224 g/mol. The van der Waals surface area contributed by atoms with Crippen LogP contribution in [0.5, 0.6) is 0 Å². The van der Waals surface area contributed by atoms with Gasteiger partial charge in [0.15, 0.2) is 0 Å². The van der Waals surface area contributed by atoms with Gasteiger partial charge < -0.3 is 5.32 Å². The van der Waals surface area contributed by atoms with E-state index in [0.29, 0.717) is 0 Å². The standard InChI is InChI=1S/C14H28N2/c1-12-7-8-13(2)16(10-12)11-14-6-4-3-5-9-15-14/h12-15H,3-11H2,1-2H3. The predicted octanol–water partition coefficient (Wildman–Crippen LogP) is 2.64. The molecule has 3 atom stereocenters. The number of rotatable bonds is 2. The first-order valence-electron chi connectivity index (χ1n) is 7.23. The Kier molecular flexibility index (Phi) is 4.66. The van der Waals surface area contributed by atoms with Crippen molar-refractivity contribution in [1.82, 2.24) is 10.2 Å². The van der Waals surface area contributed by atoms with Gasteiger partial charge in [0.05, 0.1) is 0 Å². The Balaban J connectivity index is 1.81. The highest BCUT2D eigenvalue weighted by atomic mass is 15.2. The number of nitrogens with zero attached hydrogens (tertiary/aromatic N) is 1. The molecule has 0 aliphatic carbocycles. The molecular weight excluding hydrogens is 196 g/mol. The van der Waals surface area contributed by atoms with Gasteiger partial charge in [-0.15, -0.1) is 0 Å². The molecule has 1 N–H and O–H groups in total. The lowest BCUT2D eigenvalue weighted by Crippen LogP contribution is -2.48. The Morgan fingerprint density at radius 2 is 1.94 bits per heavy atom. The third kappa shape index (κ3) is 3.46. The van der Waals surface area contributed by atoms with Crippen LogP contribution in [0.1, 0.15) is 52.4 Å². The third-order valence-corrected chi connectivity index (χ3v) is 4.36. The molecule has 16 heavy (non-hydrogen) atoms. The highest BCUT2D eigenvalue weighted by molar-refractivity contribution is 4.82. The third-order valence-electron chi connectivity index (χ3n) is 4.36. The smallest absolute Gasteiger partial charge is 0.0195 e. The highest BCUT2D eigenvalue weighted by Gasteiger charge is 2.25. The molecule has 2 aliphatic heterocycles. The van der Waals surface area contributed by atoms with Crippen LogP contribution in [0.2, 0.25) is 0 Å². The molecule has 2 fully saturated rings. The van der Waals surface area contributed by atoms with Gasteiger partial charge in [-0.2, -0.15) is 0 Å². The minimum atomic E-state index is 0.759. The van der Waals surface area contributed by atoms with E-state index in [2.05, 4.69) is 24.1 Å². The summed E-state index contributed by atoms with van der Waals surface area (Å²) in [6.07, 6.45) is 8.44. The summed E-state index contributed by atoms with van der Waals surface area (Å²) < 4.78 is 0. The molecule has 0 saturated carbocycles. The zero-order valence-corrected chi connectivity index (χ0v) is 11.0. The second kappa shape index (κ2) is 6.02. The van der Waals surface area contributed by atoms with Crippen LogP contribution in [-0.2, 0) is 0 Å². The quantitative estimate of drug-likeness (QED) is 0.776.